The van der Waals surface area contributed by atoms with Crippen molar-refractivity contribution < 1.29 is 32.5 Å². The number of rotatable bonds is 4. The fraction of sp³-hybridized carbons (Fsp3) is 0.364. The second-order valence-electron chi connectivity index (χ2n) is 3.29. The van der Waals surface area contributed by atoms with Gasteiger partial charge in [-0.3, -0.25) is 4.89 Å². The van der Waals surface area contributed by atoms with Crippen LogP contribution in [0.5, 0.6) is 0 Å². The summed E-state index contributed by atoms with van der Waals surface area (Å²) in [6.07, 6.45) is -4.99. The third-order valence-corrected chi connectivity index (χ3v) is 2.33. The molecule has 4 nitrogen and oxygen atoms in total. The van der Waals surface area contributed by atoms with Crippen LogP contribution in [-0.4, -0.2) is 26.4 Å². The second kappa shape index (κ2) is 5.36. The van der Waals surface area contributed by atoms with E-state index in [4.69, 9.17) is 0 Å². The molecule has 1 unspecified atom stereocenters. The van der Waals surface area contributed by atoms with Gasteiger partial charge in [-0.2, -0.15) is 18.1 Å². The topological polar surface area (TPSA) is 44.8 Å². The molecule has 1 rings (SSSR count). The molecule has 0 aromatic heterocycles. The fourth-order valence-electron chi connectivity index (χ4n) is 1.52. The molecule has 0 spiro atoms. The molecule has 0 N–H and O–H groups in total. The summed E-state index contributed by atoms with van der Waals surface area (Å²) in [5.74, 6) is -1.69. The average molecular weight is 264 g/mol. The van der Waals surface area contributed by atoms with Crippen LogP contribution in [-0.2, 0) is 24.9 Å². The average Bonchev–Trinajstić information content (AvgIpc) is 2.30. The number of carbonyl (C=O) groups is 1. The molecule has 0 aliphatic carbocycles. The lowest BCUT2D eigenvalue weighted by Gasteiger charge is -2.31. The Balaban J connectivity index is 3.37. The molecule has 0 bridgehead atoms. The zero-order valence-corrected chi connectivity index (χ0v) is 9.65. The number of ether oxygens (including phenoxy) is 1. The van der Waals surface area contributed by atoms with Crippen molar-refractivity contribution in [3.8, 4) is 0 Å². The van der Waals surface area contributed by atoms with Crippen molar-refractivity contribution in [1.82, 2.24) is 0 Å². The minimum atomic E-state index is -4.99. The Hall–Kier alpha value is -1.60. The highest BCUT2D eigenvalue weighted by Gasteiger charge is 2.64. The molecule has 0 saturated carbocycles. The minimum absolute atomic E-state index is 0.387. The monoisotopic (exact) mass is 264 g/mol. The Morgan fingerprint density at radius 3 is 2.06 bits per heavy atom. The molecule has 1 aromatic carbocycles. The highest BCUT2D eigenvalue weighted by Crippen LogP contribution is 2.42. The largest absolute Gasteiger partial charge is 0.432 e. The van der Waals surface area contributed by atoms with Crippen molar-refractivity contribution in [1.29, 1.82) is 0 Å². The summed E-state index contributed by atoms with van der Waals surface area (Å²) in [6, 6.07) is 6.47. The Bertz CT molecular complexity index is 404. The maximum Gasteiger partial charge on any atom is 0.432 e. The summed E-state index contributed by atoms with van der Waals surface area (Å²) in [7, 11) is 1.71. The summed E-state index contributed by atoms with van der Waals surface area (Å²) in [6.45, 7) is 0. The maximum atomic E-state index is 13.2. The highest BCUT2D eigenvalue weighted by atomic mass is 19.4. The molecule has 7 heteroatoms. The first-order valence-corrected chi connectivity index (χ1v) is 4.82. The summed E-state index contributed by atoms with van der Waals surface area (Å²) in [5.41, 5.74) is -3.59. The standard InChI is InChI=1S/C11H11F3O4/c1-16-10(11(12,13)14,9(15)18-17-2)8-6-4-3-5-7-8/h3-7H,1-2H3. The summed E-state index contributed by atoms with van der Waals surface area (Å²) < 4.78 is 43.9. The molecule has 0 fully saturated rings. The first kappa shape index (κ1) is 14.5. The predicted octanol–water partition coefficient (Wildman–Crippen LogP) is 2.20. The molecule has 1 atom stereocenters. The van der Waals surface area contributed by atoms with Crippen molar-refractivity contribution in [2.75, 3.05) is 14.2 Å². The van der Waals surface area contributed by atoms with E-state index in [2.05, 4.69) is 14.5 Å². The van der Waals surface area contributed by atoms with Gasteiger partial charge in [0.15, 0.2) is 0 Å². The molecular weight excluding hydrogens is 253 g/mol. The van der Waals surface area contributed by atoms with Crippen molar-refractivity contribution in [2.24, 2.45) is 0 Å². The lowest BCUT2D eigenvalue weighted by molar-refractivity contribution is -0.316. The smallest absolute Gasteiger partial charge is 0.355 e. The van der Waals surface area contributed by atoms with Gasteiger partial charge in [0.05, 0.1) is 7.11 Å². The summed E-state index contributed by atoms with van der Waals surface area (Å²) in [4.78, 5) is 19.5. The Morgan fingerprint density at radius 2 is 1.67 bits per heavy atom. The predicted molar refractivity (Wildman–Crippen MR) is 54.3 cm³/mol. The number of hydrogen-bond donors (Lipinski definition) is 0. The fourth-order valence-corrected chi connectivity index (χ4v) is 1.52. The van der Waals surface area contributed by atoms with E-state index >= 15 is 0 Å². The van der Waals surface area contributed by atoms with Crippen LogP contribution in [0.2, 0.25) is 0 Å². The minimum Gasteiger partial charge on any atom is -0.355 e. The van der Waals surface area contributed by atoms with Crippen LogP contribution in [0.4, 0.5) is 13.2 Å². The third-order valence-electron chi connectivity index (χ3n) is 2.33. The van der Waals surface area contributed by atoms with Gasteiger partial charge in [0.25, 0.3) is 5.60 Å². The SMILES string of the molecule is COOC(=O)C(OC)(c1ccccc1)C(F)(F)F. The van der Waals surface area contributed by atoms with Gasteiger partial charge >= 0.3 is 12.1 Å². The number of hydrogen-bond acceptors (Lipinski definition) is 4. The van der Waals surface area contributed by atoms with E-state index in [0.717, 1.165) is 26.4 Å². The van der Waals surface area contributed by atoms with Crippen molar-refractivity contribution in [3.05, 3.63) is 35.9 Å². The zero-order chi connectivity index (χ0) is 13.8. The van der Waals surface area contributed by atoms with E-state index in [-0.39, 0.29) is 5.56 Å². The molecule has 0 aliphatic rings. The van der Waals surface area contributed by atoms with Gasteiger partial charge in [0, 0.05) is 12.7 Å². The van der Waals surface area contributed by atoms with Crippen LogP contribution >= 0.6 is 0 Å². The van der Waals surface area contributed by atoms with Crippen LogP contribution in [0.3, 0.4) is 0 Å². The number of benzene rings is 1. The van der Waals surface area contributed by atoms with Crippen LogP contribution in [0.1, 0.15) is 5.56 Å². The van der Waals surface area contributed by atoms with E-state index in [0.29, 0.717) is 0 Å². The zero-order valence-electron chi connectivity index (χ0n) is 9.65. The van der Waals surface area contributed by atoms with Crippen LogP contribution in [0, 0.1) is 0 Å². The van der Waals surface area contributed by atoms with Crippen molar-refractivity contribution >= 4 is 5.97 Å². The van der Waals surface area contributed by atoms with Crippen LogP contribution in [0.25, 0.3) is 0 Å². The quantitative estimate of drug-likeness (QED) is 0.617. The summed E-state index contributed by atoms with van der Waals surface area (Å²) >= 11 is 0. The Labute approximate surface area is 101 Å². The van der Waals surface area contributed by atoms with Gasteiger partial charge < -0.3 is 4.74 Å². The lowest BCUT2D eigenvalue weighted by atomic mass is 9.93. The van der Waals surface area contributed by atoms with E-state index < -0.39 is 17.7 Å². The van der Waals surface area contributed by atoms with Crippen molar-refractivity contribution in [3.63, 3.8) is 0 Å². The van der Waals surface area contributed by atoms with E-state index in [1.54, 1.807) is 0 Å². The van der Waals surface area contributed by atoms with Gasteiger partial charge in [-0.25, -0.2) is 4.79 Å². The number of alkyl halides is 3. The third kappa shape index (κ3) is 2.32. The van der Waals surface area contributed by atoms with Gasteiger partial charge in [-0.1, -0.05) is 30.3 Å². The van der Waals surface area contributed by atoms with Crippen molar-refractivity contribution in [2.45, 2.75) is 11.8 Å². The molecule has 1 aromatic rings. The first-order chi connectivity index (χ1) is 8.40. The van der Waals surface area contributed by atoms with E-state index in [1.807, 2.05) is 0 Å². The first-order valence-electron chi connectivity index (χ1n) is 4.82. The van der Waals surface area contributed by atoms with Gasteiger partial charge in [-0.15, -0.1) is 0 Å². The number of methoxy groups -OCH3 is 1. The molecule has 100 valence electrons. The number of carbonyl (C=O) groups excluding carboxylic acids is 1. The molecular formula is C11H11F3O4. The Morgan fingerprint density at radius 1 is 1.11 bits per heavy atom. The second-order valence-corrected chi connectivity index (χ2v) is 3.29. The van der Waals surface area contributed by atoms with Crippen LogP contribution in [0.15, 0.2) is 30.3 Å². The van der Waals surface area contributed by atoms with E-state index in [9.17, 15) is 18.0 Å². The maximum absolute atomic E-state index is 13.2. The van der Waals surface area contributed by atoms with Gasteiger partial charge in [-0.05, 0) is 0 Å². The molecule has 0 heterocycles. The lowest BCUT2D eigenvalue weighted by Crippen LogP contribution is -2.51. The number of halogens is 3. The molecule has 0 aliphatic heterocycles. The molecule has 0 radical (unpaired) electrons. The molecule has 18 heavy (non-hydrogen) atoms. The summed E-state index contributed by atoms with van der Waals surface area (Å²) in [5, 5.41) is 0. The Kier molecular flexibility index (Phi) is 4.31. The van der Waals surface area contributed by atoms with Crippen LogP contribution < -0.4 is 0 Å². The molecule has 0 amide bonds. The molecule has 0 saturated heterocycles. The van der Waals surface area contributed by atoms with Gasteiger partial charge in [0.1, 0.15) is 0 Å². The normalized spacial score (nSPS) is 14.9. The van der Waals surface area contributed by atoms with Gasteiger partial charge in [0.2, 0.25) is 0 Å². The highest BCUT2D eigenvalue weighted by molar-refractivity contribution is 5.82. The van der Waals surface area contributed by atoms with E-state index in [1.165, 1.54) is 18.2 Å².